The second-order valence-corrected chi connectivity index (χ2v) is 15.4. The first-order chi connectivity index (χ1) is 27.5. The number of benzene rings is 9. The number of anilines is 3. The van der Waals surface area contributed by atoms with Crippen LogP contribution in [0.25, 0.3) is 66.4 Å². The van der Waals surface area contributed by atoms with Gasteiger partial charge < -0.3 is 4.90 Å². The smallest absolute Gasteiger partial charge is 0.0467 e. The zero-order chi connectivity index (χ0) is 37.6. The number of hydrogen-bond acceptors (Lipinski definition) is 1. The number of rotatable bonds is 7. The normalized spacial score (nSPS) is 12.6. The fraction of sp³-hybridized carbons (Fsp3) is 0.0545. The molecule has 266 valence electrons. The van der Waals surface area contributed by atoms with Crippen molar-refractivity contribution in [3.05, 3.63) is 223 Å². The topological polar surface area (TPSA) is 3.24 Å². The van der Waals surface area contributed by atoms with Crippen LogP contribution < -0.4 is 4.90 Å². The lowest BCUT2D eigenvalue weighted by molar-refractivity contribution is 0.660. The summed E-state index contributed by atoms with van der Waals surface area (Å²) < 4.78 is 0. The Balaban J connectivity index is 1.05. The Bertz CT molecular complexity index is 2860. The van der Waals surface area contributed by atoms with Crippen LogP contribution in [0, 0.1) is 0 Å². The Morgan fingerprint density at radius 2 is 0.786 bits per heavy atom. The molecule has 0 aromatic heterocycles. The minimum absolute atomic E-state index is 0.0410. The highest BCUT2D eigenvalue weighted by Gasteiger charge is 2.35. The second-order valence-electron chi connectivity index (χ2n) is 15.4. The molecule has 9 aromatic carbocycles. The molecule has 0 saturated heterocycles. The van der Waals surface area contributed by atoms with Gasteiger partial charge in [-0.3, -0.25) is 0 Å². The van der Waals surface area contributed by atoms with Gasteiger partial charge in [-0.15, -0.1) is 0 Å². The van der Waals surface area contributed by atoms with Crippen molar-refractivity contribution in [3.63, 3.8) is 0 Å². The van der Waals surface area contributed by atoms with Crippen molar-refractivity contribution in [1.29, 1.82) is 0 Å². The van der Waals surface area contributed by atoms with E-state index >= 15 is 0 Å². The highest BCUT2D eigenvalue weighted by atomic mass is 15.1. The van der Waals surface area contributed by atoms with Crippen molar-refractivity contribution >= 4 is 27.8 Å². The van der Waals surface area contributed by atoms with E-state index in [1.807, 2.05) is 0 Å². The molecule has 0 heterocycles. The summed E-state index contributed by atoms with van der Waals surface area (Å²) in [5.41, 5.74) is 18.4. The first-order valence-corrected chi connectivity index (χ1v) is 19.5. The van der Waals surface area contributed by atoms with Gasteiger partial charge in [0.2, 0.25) is 0 Å². The van der Waals surface area contributed by atoms with Gasteiger partial charge >= 0.3 is 0 Å². The first-order valence-electron chi connectivity index (χ1n) is 19.5. The molecule has 0 atom stereocenters. The van der Waals surface area contributed by atoms with E-state index in [0.29, 0.717) is 0 Å². The van der Waals surface area contributed by atoms with Gasteiger partial charge in [-0.25, -0.2) is 0 Å². The minimum atomic E-state index is -0.0410. The fourth-order valence-corrected chi connectivity index (χ4v) is 8.73. The molecule has 1 heteroatoms. The maximum Gasteiger partial charge on any atom is 0.0467 e. The van der Waals surface area contributed by atoms with E-state index in [2.05, 4.69) is 231 Å². The highest BCUT2D eigenvalue weighted by Crippen LogP contribution is 2.49. The maximum atomic E-state index is 2.41. The third-order valence-electron chi connectivity index (χ3n) is 11.7. The predicted molar refractivity (Wildman–Crippen MR) is 238 cm³/mol. The average Bonchev–Trinajstić information content (AvgIpc) is 3.49. The summed E-state index contributed by atoms with van der Waals surface area (Å²) in [4.78, 5) is 2.39. The van der Waals surface area contributed by atoms with Crippen LogP contribution in [0.5, 0.6) is 0 Å². The van der Waals surface area contributed by atoms with Crippen molar-refractivity contribution in [1.82, 2.24) is 0 Å². The Labute approximate surface area is 329 Å². The molecule has 0 unspecified atom stereocenters. The van der Waals surface area contributed by atoms with Crippen LogP contribution in [0.2, 0.25) is 0 Å². The van der Waals surface area contributed by atoms with Crippen molar-refractivity contribution in [2.75, 3.05) is 4.90 Å². The van der Waals surface area contributed by atoms with Crippen molar-refractivity contribution < 1.29 is 0 Å². The molecule has 0 saturated carbocycles. The number of nitrogens with zero attached hydrogens (tertiary/aromatic N) is 1. The van der Waals surface area contributed by atoms with E-state index in [1.54, 1.807) is 0 Å². The van der Waals surface area contributed by atoms with Crippen LogP contribution in [0.4, 0.5) is 17.1 Å². The third-order valence-corrected chi connectivity index (χ3v) is 11.7. The Kier molecular flexibility index (Phi) is 8.23. The van der Waals surface area contributed by atoms with Gasteiger partial charge in [0, 0.05) is 22.5 Å². The molecule has 9 aromatic rings. The van der Waals surface area contributed by atoms with Crippen molar-refractivity contribution in [2.45, 2.75) is 19.3 Å². The summed E-state index contributed by atoms with van der Waals surface area (Å²) in [6.45, 7) is 4.70. The van der Waals surface area contributed by atoms with Gasteiger partial charge in [0.25, 0.3) is 0 Å². The molecule has 0 amide bonds. The Hall–Kier alpha value is -6.96. The molecule has 1 aliphatic carbocycles. The summed E-state index contributed by atoms with van der Waals surface area (Å²) >= 11 is 0. The Morgan fingerprint density at radius 3 is 1.55 bits per heavy atom. The lowest BCUT2D eigenvalue weighted by Crippen LogP contribution is -2.14. The summed E-state index contributed by atoms with van der Waals surface area (Å²) in [7, 11) is 0. The van der Waals surface area contributed by atoms with Crippen molar-refractivity contribution in [2.24, 2.45) is 0 Å². The maximum absolute atomic E-state index is 2.41. The molecule has 0 spiro atoms. The van der Waals surface area contributed by atoms with Crippen LogP contribution in [-0.2, 0) is 5.41 Å². The first kappa shape index (κ1) is 33.6. The third kappa shape index (κ3) is 5.90. The molecule has 0 bridgehead atoms. The second kappa shape index (κ2) is 13.7. The summed E-state index contributed by atoms with van der Waals surface area (Å²) in [5, 5.41) is 2.50. The fourth-order valence-electron chi connectivity index (χ4n) is 8.73. The minimum Gasteiger partial charge on any atom is -0.310 e. The van der Waals surface area contributed by atoms with Gasteiger partial charge in [0.05, 0.1) is 0 Å². The van der Waals surface area contributed by atoms with E-state index < -0.39 is 0 Å². The summed E-state index contributed by atoms with van der Waals surface area (Å²) in [5.74, 6) is 0. The van der Waals surface area contributed by atoms with Gasteiger partial charge in [-0.1, -0.05) is 184 Å². The van der Waals surface area contributed by atoms with Gasteiger partial charge in [0.15, 0.2) is 0 Å². The monoisotopic (exact) mass is 715 g/mol. The molecule has 0 N–H and O–H groups in total. The van der Waals surface area contributed by atoms with E-state index in [-0.39, 0.29) is 5.41 Å². The lowest BCUT2D eigenvalue weighted by atomic mass is 9.81. The molecule has 0 radical (unpaired) electrons. The number of fused-ring (bicyclic) bond motifs is 4. The average molecular weight is 716 g/mol. The zero-order valence-electron chi connectivity index (χ0n) is 31.7. The molecule has 10 rings (SSSR count). The van der Waals surface area contributed by atoms with Crippen LogP contribution in [-0.4, -0.2) is 0 Å². The van der Waals surface area contributed by atoms with Crippen LogP contribution >= 0.6 is 0 Å². The molecular formula is C55H41N. The quantitative estimate of drug-likeness (QED) is 0.159. The zero-order valence-corrected chi connectivity index (χ0v) is 31.7. The lowest BCUT2D eigenvalue weighted by Gasteiger charge is -2.27. The summed E-state index contributed by atoms with van der Waals surface area (Å²) in [6, 6.07) is 77.6. The largest absolute Gasteiger partial charge is 0.310 e. The molecule has 0 aliphatic heterocycles. The SMILES string of the molecule is CC1(C)c2ccccc2-c2ccc(-c3ccc(N(c4cccc(-c5ccc(-c6ccccc6)cc5)c4)c4cccc(-c5cccc6ccccc56)c4)cc3)cc21. The molecule has 1 aliphatic rings. The number of hydrogen-bond donors (Lipinski definition) is 0. The van der Waals surface area contributed by atoms with Crippen molar-refractivity contribution in [3.8, 4) is 55.6 Å². The van der Waals surface area contributed by atoms with Crippen LogP contribution in [0.15, 0.2) is 212 Å². The van der Waals surface area contributed by atoms with Crippen LogP contribution in [0.3, 0.4) is 0 Å². The molecular weight excluding hydrogens is 675 g/mol. The highest BCUT2D eigenvalue weighted by molar-refractivity contribution is 5.97. The van der Waals surface area contributed by atoms with Crippen LogP contribution in [0.1, 0.15) is 25.0 Å². The molecule has 1 nitrogen and oxygen atoms in total. The van der Waals surface area contributed by atoms with Gasteiger partial charge in [-0.2, -0.15) is 0 Å². The van der Waals surface area contributed by atoms with E-state index in [4.69, 9.17) is 0 Å². The summed E-state index contributed by atoms with van der Waals surface area (Å²) in [6.07, 6.45) is 0. The van der Waals surface area contributed by atoms with E-state index in [1.165, 1.54) is 77.5 Å². The van der Waals surface area contributed by atoms with Gasteiger partial charge in [0.1, 0.15) is 0 Å². The Morgan fingerprint density at radius 1 is 0.304 bits per heavy atom. The molecule has 0 fully saturated rings. The van der Waals surface area contributed by atoms with E-state index in [0.717, 1.165) is 17.1 Å². The predicted octanol–water partition coefficient (Wildman–Crippen LogP) is 15.3. The molecule has 56 heavy (non-hydrogen) atoms. The van der Waals surface area contributed by atoms with Gasteiger partial charge in [-0.05, 0) is 120 Å². The van der Waals surface area contributed by atoms with E-state index in [9.17, 15) is 0 Å². The standard InChI is InChI=1S/C55H41N/c1-55(2)53-24-9-8-22-51(53)52-34-31-44(37-54(52)55)41-29-32-46(33-30-41)56(48-20-11-18-45(36-48)50-23-12-16-42-15-6-7-21-49(42)50)47-19-10-17-43(35-47)40-27-25-39(26-28-40)38-13-4-3-5-14-38/h3-37H,1-2H3.